The summed E-state index contributed by atoms with van der Waals surface area (Å²) in [5.41, 5.74) is 7.64. The molecule has 1 aromatic carbocycles. The molecule has 1 aromatic rings. The summed E-state index contributed by atoms with van der Waals surface area (Å²) in [4.78, 5) is 11.5. The Bertz CT molecular complexity index is 377. The number of carbonyl (C=O) groups excluding carboxylic acids is 1. The van der Waals surface area contributed by atoms with E-state index in [1.165, 1.54) is 12.8 Å². The minimum atomic E-state index is 0. The number of aryl methyl sites for hydroxylation is 1. The lowest BCUT2D eigenvalue weighted by Crippen LogP contribution is -2.25. The summed E-state index contributed by atoms with van der Waals surface area (Å²) < 4.78 is 0. The van der Waals surface area contributed by atoms with Crippen LogP contribution in [0.25, 0.3) is 0 Å². The first-order valence-electron chi connectivity index (χ1n) is 5.86. The molecule has 0 saturated heterocycles. The van der Waals surface area contributed by atoms with Gasteiger partial charge in [0.05, 0.1) is 0 Å². The van der Waals surface area contributed by atoms with E-state index >= 15 is 0 Å². The van der Waals surface area contributed by atoms with Gasteiger partial charge in [0, 0.05) is 18.7 Å². The Morgan fingerprint density at radius 3 is 2.71 bits per heavy atom. The molecule has 3 nitrogen and oxygen atoms in total. The molecule has 0 heterocycles. The van der Waals surface area contributed by atoms with Gasteiger partial charge in [-0.2, -0.15) is 0 Å². The van der Waals surface area contributed by atoms with Crippen LogP contribution in [-0.2, 0) is 11.2 Å². The van der Waals surface area contributed by atoms with E-state index in [1.807, 2.05) is 24.3 Å². The van der Waals surface area contributed by atoms with E-state index in [4.69, 9.17) is 5.73 Å². The van der Waals surface area contributed by atoms with E-state index < -0.39 is 0 Å². The molecule has 1 amide bonds. The number of nitrogen functional groups attached to an aromatic ring is 1. The molecular formula is C13H19ClN2O. The van der Waals surface area contributed by atoms with Gasteiger partial charge in [-0.25, -0.2) is 0 Å². The maximum absolute atomic E-state index is 11.5. The number of hydrogen-bond donors (Lipinski definition) is 2. The molecular weight excluding hydrogens is 236 g/mol. The van der Waals surface area contributed by atoms with E-state index in [1.54, 1.807) is 0 Å². The second-order valence-corrected chi connectivity index (χ2v) is 4.45. The minimum absolute atomic E-state index is 0. The van der Waals surface area contributed by atoms with Crippen molar-refractivity contribution in [2.24, 2.45) is 5.92 Å². The Labute approximate surface area is 108 Å². The van der Waals surface area contributed by atoms with Crippen molar-refractivity contribution < 1.29 is 4.79 Å². The van der Waals surface area contributed by atoms with E-state index in [9.17, 15) is 4.79 Å². The number of nitrogens with one attached hydrogen (secondary N) is 1. The predicted octanol–water partition coefficient (Wildman–Crippen LogP) is 2.15. The molecule has 0 unspecified atom stereocenters. The average Bonchev–Trinajstić information content (AvgIpc) is 3.09. The zero-order valence-corrected chi connectivity index (χ0v) is 10.6. The first-order chi connectivity index (χ1) is 7.75. The van der Waals surface area contributed by atoms with E-state index in [-0.39, 0.29) is 18.3 Å². The van der Waals surface area contributed by atoms with Gasteiger partial charge in [0.25, 0.3) is 0 Å². The number of rotatable bonds is 5. The highest BCUT2D eigenvalue weighted by Crippen LogP contribution is 2.27. The number of nitrogens with two attached hydrogens (primary N) is 1. The predicted molar refractivity (Wildman–Crippen MR) is 72.2 cm³/mol. The van der Waals surface area contributed by atoms with Crippen molar-refractivity contribution in [3.8, 4) is 0 Å². The van der Waals surface area contributed by atoms with Crippen LogP contribution in [-0.4, -0.2) is 12.5 Å². The molecule has 1 fully saturated rings. The normalized spacial score (nSPS) is 13.9. The summed E-state index contributed by atoms with van der Waals surface area (Å²) >= 11 is 0. The van der Waals surface area contributed by atoms with Crippen LogP contribution in [0.15, 0.2) is 24.3 Å². The maximum Gasteiger partial charge on any atom is 0.220 e. The molecule has 17 heavy (non-hydrogen) atoms. The number of halogens is 1. The van der Waals surface area contributed by atoms with Gasteiger partial charge >= 0.3 is 0 Å². The number of hydrogen-bond acceptors (Lipinski definition) is 2. The van der Waals surface area contributed by atoms with Gasteiger partial charge < -0.3 is 11.1 Å². The van der Waals surface area contributed by atoms with Crippen molar-refractivity contribution in [3.63, 3.8) is 0 Å². The van der Waals surface area contributed by atoms with Crippen LogP contribution < -0.4 is 11.1 Å². The van der Waals surface area contributed by atoms with Crippen molar-refractivity contribution in [2.45, 2.75) is 25.7 Å². The molecule has 1 aliphatic rings. The zero-order valence-electron chi connectivity index (χ0n) is 9.82. The van der Waals surface area contributed by atoms with Gasteiger partial charge in [-0.3, -0.25) is 4.79 Å². The summed E-state index contributed by atoms with van der Waals surface area (Å²) in [5, 5.41) is 2.95. The van der Waals surface area contributed by atoms with Crippen LogP contribution in [0.5, 0.6) is 0 Å². The zero-order chi connectivity index (χ0) is 11.4. The Hall–Kier alpha value is -1.22. The summed E-state index contributed by atoms with van der Waals surface area (Å²) in [7, 11) is 0. The number of para-hydroxylation sites is 1. The fraction of sp³-hybridized carbons (Fsp3) is 0.462. The molecule has 0 spiro atoms. The van der Waals surface area contributed by atoms with E-state index in [0.717, 1.165) is 30.1 Å². The quantitative estimate of drug-likeness (QED) is 0.791. The number of benzene rings is 1. The average molecular weight is 255 g/mol. The molecule has 0 aromatic heterocycles. The molecule has 2 rings (SSSR count). The topological polar surface area (TPSA) is 55.1 Å². The van der Waals surface area contributed by atoms with Gasteiger partial charge in [0.15, 0.2) is 0 Å². The lowest BCUT2D eigenvalue weighted by molar-refractivity contribution is -0.121. The van der Waals surface area contributed by atoms with Crippen molar-refractivity contribution in [3.05, 3.63) is 29.8 Å². The summed E-state index contributed by atoms with van der Waals surface area (Å²) in [6, 6.07) is 7.71. The summed E-state index contributed by atoms with van der Waals surface area (Å²) in [6.07, 6.45) is 3.79. The third-order valence-corrected chi connectivity index (χ3v) is 2.96. The van der Waals surface area contributed by atoms with Gasteiger partial charge in [-0.15, -0.1) is 12.4 Å². The van der Waals surface area contributed by atoms with Crippen LogP contribution in [0.1, 0.15) is 24.8 Å². The van der Waals surface area contributed by atoms with E-state index in [2.05, 4.69) is 5.32 Å². The standard InChI is InChI=1S/C13H18N2O.ClH/c14-12-4-2-1-3-11(12)7-8-13(16)15-9-10-5-6-10;/h1-4,10H,5-9,14H2,(H,15,16);1H. The Balaban J connectivity index is 0.00000144. The van der Waals surface area contributed by atoms with Crippen molar-refractivity contribution in [2.75, 3.05) is 12.3 Å². The molecule has 1 saturated carbocycles. The Morgan fingerprint density at radius 2 is 2.06 bits per heavy atom. The van der Waals surface area contributed by atoms with Crippen LogP contribution in [0.2, 0.25) is 0 Å². The second kappa shape index (κ2) is 6.50. The molecule has 94 valence electrons. The Morgan fingerprint density at radius 1 is 1.35 bits per heavy atom. The second-order valence-electron chi connectivity index (χ2n) is 4.45. The molecule has 0 radical (unpaired) electrons. The molecule has 1 aliphatic carbocycles. The highest BCUT2D eigenvalue weighted by atomic mass is 35.5. The third-order valence-electron chi connectivity index (χ3n) is 2.96. The molecule has 4 heteroatoms. The van der Waals surface area contributed by atoms with Gasteiger partial charge in [0.2, 0.25) is 5.91 Å². The lowest BCUT2D eigenvalue weighted by Gasteiger charge is -2.06. The fourth-order valence-electron chi connectivity index (χ4n) is 1.68. The summed E-state index contributed by atoms with van der Waals surface area (Å²) in [5.74, 6) is 0.876. The largest absolute Gasteiger partial charge is 0.399 e. The smallest absolute Gasteiger partial charge is 0.220 e. The molecule has 0 bridgehead atoms. The monoisotopic (exact) mass is 254 g/mol. The SMILES string of the molecule is Cl.Nc1ccccc1CCC(=O)NCC1CC1. The lowest BCUT2D eigenvalue weighted by atomic mass is 10.1. The van der Waals surface area contributed by atoms with E-state index in [0.29, 0.717) is 6.42 Å². The van der Waals surface area contributed by atoms with Crippen LogP contribution >= 0.6 is 12.4 Å². The molecule has 0 atom stereocenters. The van der Waals surface area contributed by atoms with Crippen molar-refractivity contribution >= 4 is 24.0 Å². The van der Waals surface area contributed by atoms with Crippen molar-refractivity contribution in [1.29, 1.82) is 0 Å². The van der Waals surface area contributed by atoms with Gasteiger partial charge in [-0.1, -0.05) is 18.2 Å². The highest BCUT2D eigenvalue weighted by molar-refractivity contribution is 5.85. The first kappa shape index (κ1) is 13.8. The third kappa shape index (κ3) is 4.65. The number of amides is 1. The van der Waals surface area contributed by atoms with Gasteiger partial charge in [0.1, 0.15) is 0 Å². The molecule has 3 N–H and O–H groups in total. The first-order valence-corrected chi connectivity index (χ1v) is 5.86. The Kier molecular flexibility index (Phi) is 5.29. The fourth-order valence-corrected chi connectivity index (χ4v) is 1.68. The van der Waals surface area contributed by atoms with Crippen LogP contribution in [0, 0.1) is 5.92 Å². The van der Waals surface area contributed by atoms with Crippen LogP contribution in [0.3, 0.4) is 0 Å². The highest BCUT2D eigenvalue weighted by Gasteiger charge is 2.21. The summed E-state index contributed by atoms with van der Waals surface area (Å²) in [6.45, 7) is 0.850. The van der Waals surface area contributed by atoms with Crippen molar-refractivity contribution in [1.82, 2.24) is 5.32 Å². The maximum atomic E-state index is 11.5. The number of carbonyl (C=O) groups is 1. The van der Waals surface area contributed by atoms with Crippen LogP contribution in [0.4, 0.5) is 5.69 Å². The van der Waals surface area contributed by atoms with Gasteiger partial charge in [-0.05, 0) is 36.8 Å². The minimum Gasteiger partial charge on any atom is -0.399 e. The number of anilines is 1. The molecule has 0 aliphatic heterocycles.